The molecule has 6 nitrogen and oxygen atoms in total. The van der Waals surface area contributed by atoms with E-state index in [9.17, 15) is 0 Å². The number of fused-ring (bicyclic) bond motifs is 5. The maximum atomic E-state index is 6.15. The molecule has 3 aromatic rings. The van der Waals surface area contributed by atoms with Gasteiger partial charge in [-0.05, 0) is 61.6 Å². The Balaban J connectivity index is 1.30. The largest absolute Gasteiger partial charge is 0.477 e. The van der Waals surface area contributed by atoms with E-state index in [0.717, 1.165) is 41.3 Å². The summed E-state index contributed by atoms with van der Waals surface area (Å²) >= 11 is 0. The monoisotopic (exact) mass is 415 g/mol. The lowest BCUT2D eigenvalue weighted by molar-refractivity contribution is 0.160. The first kappa shape index (κ1) is 18.9. The van der Waals surface area contributed by atoms with E-state index in [1.165, 1.54) is 42.4 Å². The minimum atomic E-state index is 0.551. The molecule has 2 aromatic heterocycles. The minimum Gasteiger partial charge on any atom is -0.477 e. The molecule has 2 bridgehead atoms. The van der Waals surface area contributed by atoms with Crippen LogP contribution in [-0.4, -0.2) is 58.9 Å². The summed E-state index contributed by atoms with van der Waals surface area (Å²) in [7, 11) is 4.49. The van der Waals surface area contributed by atoms with E-state index in [-0.39, 0.29) is 0 Å². The van der Waals surface area contributed by atoms with Gasteiger partial charge in [0.1, 0.15) is 5.82 Å². The molecule has 1 N–H and O–H groups in total. The first-order chi connectivity index (χ1) is 15.2. The quantitative estimate of drug-likeness (QED) is 0.697. The van der Waals surface area contributed by atoms with Crippen molar-refractivity contribution >= 4 is 5.82 Å². The van der Waals surface area contributed by atoms with E-state index in [1.54, 1.807) is 0 Å². The molecule has 0 amide bonds. The Kier molecular flexibility index (Phi) is 4.49. The third-order valence-corrected chi connectivity index (χ3v) is 7.67. The van der Waals surface area contributed by atoms with E-state index in [4.69, 9.17) is 9.72 Å². The van der Waals surface area contributed by atoms with Crippen LogP contribution in [0.25, 0.3) is 22.3 Å². The first-order valence-corrected chi connectivity index (χ1v) is 11.4. The second-order valence-electron chi connectivity index (χ2n) is 9.27. The van der Waals surface area contributed by atoms with Crippen LogP contribution in [0.2, 0.25) is 0 Å². The van der Waals surface area contributed by atoms with Gasteiger partial charge in [0.25, 0.3) is 0 Å². The van der Waals surface area contributed by atoms with Crippen LogP contribution < -0.4 is 9.64 Å². The number of aromatic nitrogens is 3. The standard InChI is InChI=1S/C25H29N5O/c1-29-19-4-5-20(29)13-21(12-19)30(2)24-8-7-23-22-6-3-16(18-14-26-27-15-18)11-17(22)9-10-31-25(23)28-24/h3,6-8,11,14-15,19-21H,4-5,9-10,12-13H2,1-2H3,(H,26,27)/t19-,20+,21?. The zero-order chi connectivity index (χ0) is 20.9. The number of H-pyrrole nitrogens is 1. The van der Waals surface area contributed by atoms with Crippen molar-refractivity contribution in [3.63, 3.8) is 0 Å². The lowest BCUT2D eigenvalue weighted by atomic mass is 9.95. The average molecular weight is 416 g/mol. The molecule has 1 aromatic carbocycles. The predicted octanol–water partition coefficient (Wildman–Crippen LogP) is 4.14. The summed E-state index contributed by atoms with van der Waals surface area (Å²) in [6.45, 7) is 0.646. The minimum absolute atomic E-state index is 0.551. The fourth-order valence-corrected chi connectivity index (χ4v) is 5.74. The zero-order valence-electron chi connectivity index (χ0n) is 18.2. The van der Waals surface area contributed by atoms with Gasteiger partial charge in [-0.15, -0.1) is 0 Å². The van der Waals surface area contributed by atoms with Gasteiger partial charge in [-0.1, -0.05) is 18.2 Å². The summed E-state index contributed by atoms with van der Waals surface area (Å²) in [5, 5.41) is 6.98. The third kappa shape index (κ3) is 3.21. The molecule has 3 atom stereocenters. The molecule has 2 fully saturated rings. The number of aromatic amines is 1. The highest BCUT2D eigenvalue weighted by Gasteiger charge is 2.40. The SMILES string of the molecule is CN(c1ccc2c(n1)OCCc1cc(-c3cn[nH]c3)ccc1-2)C1C[C@H]2CC[C@@H](C1)N2C. The molecule has 1 unspecified atom stereocenters. The van der Waals surface area contributed by atoms with Gasteiger partial charge in [-0.3, -0.25) is 5.10 Å². The van der Waals surface area contributed by atoms with E-state index < -0.39 is 0 Å². The van der Waals surface area contributed by atoms with Gasteiger partial charge >= 0.3 is 0 Å². The summed E-state index contributed by atoms with van der Waals surface area (Å²) in [5.41, 5.74) is 5.89. The second kappa shape index (κ2) is 7.38. The zero-order valence-corrected chi connectivity index (χ0v) is 18.2. The first-order valence-electron chi connectivity index (χ1n) is 11.4. The van der Waals surface area contributed by atoms with E-state index in [1.807, 2.05) is 12.4 Å². The van der Waals surface area contributed by atoms with Crippen LogP contribution in [0.4, 0.5) is 5.82 Å². The van der Waals surface area contributed by atoms with Gasteiger partial charge in [0.05, 0.1) is 12.8 Å². The van der Waals surface area contributed by atoms with Crippen molar-refractivity contribution in [1.29, 1.82) is 0 Å². The number of hydrogen-bond acceptors (Lipinski definition) is 5. The van der Waals surface area contributed by atoms with Gasteiger partial charge in [-0.2, -0.15) is 10.1 Å². The molecule has 5 heterocycles. The Bertz CT molecular complexity index is 1080. The molecule has 0 radical (unpaired) electrons. The number of ether oxygens (including phenoxy) is 1. The van der Waals surface area contributed by atoms with Crippen molar-refractivity contribution in [3.05, 3.63) is 48.3 Å². The van der Waals surface area contributed by atoms with Gasteiger partial charge in [0.2, 0.25) is 5.88 Å². The fourth-order valence-electron chi connectivity index (χ4n) is 5.74. The summed E-state index contributed by atoms with van der Waals surface area (Å²) in [5.74, 6) is 1.78. The van der Waals surface area contributed by atoms with Gasteiger partial charge in [-0.25, -0.2) is 0 Å². The molecule has 3 aliphatic heterocycles. The van der Waals surface area contributed by atoms with Gasteiger partial charge < -0.3 is 14.5 Å². The normalized spacial score (nSPS) is 24.8. The number of nitrogens with one attached hydrogen (secondary N) is 1. The molecular weight excluding hydrogens is 386 g/mol. The van der Waals surface area contributed by atoms with E-state index >= 15 is 0 Å². The number of piperidine rings is 1. The number of pyridine rings is 1. The van der Waals surface area contributed by atoms with Crippen LogP contribution in [0.3, 0.4) is 0 Å². The number of benzene rings is 1. The maximum Gasteiger partial charge on any atom is 0.223 e. The van der Waals surface area contributed by atoms with Crippen LogP contribution in [0.1, 0.15) is 31.2 Å². The number of anilines is 1. The van der Waals surface area contributed by atoms with Crippen molar-refractivity contribution in [3.8, 4) is 28.1 Å². The molecule has 31 heavy (non-hydrogen) atoms. The van der Waals surface area contributed by atoms with Crippen molar-refractivity contribution in [2.75, 3.05) is 25.6 Å². The van der Waals surface area contributed by atoms with Crippen molar-refractivity contribution in [2.24, 2.45) is 0 Å². The highest BCUT2D eigenvalue weighted by molar-refractivity contribution is 5.77. The molecule has 0 spiro atoms. The predicted molar refractivity (Wildman–Crippen MR) is 122 cm³/mol. The molecule has 3 aliphatic rings. The average Bonchev–Trinajstić information content (AvgIpc) is 3.32. The molecule has 0 aliphatic carbocycles. The van der Waals surface area contributed by atoms with Crippen molar-refractivity contribution in [1.82, 2.24) is 20.1 Å². The second-order valence-corrected chi connectivity index (χ2v) is 9.27. The summed E-state index contributed by atoms with van der Waals surface area (Å²) < 4.78 is 6.15. The van der Waals surface area contributed by atoms with Crippen LogP contribution >= 0.6 is 0 Å². The molecule has 0 saturated carbocycles. The Morgan fingerprint density at radius 2 is 1.87 bits per heavy atom. The van der Waals surface area contributed by atoms with E-state index in [0.29, 0.717) is 12.6 Å². The maximum absolute atomic E-state index is 6.15. The van der Waals surface area contributed by atoms with Crippen LogP contribution in [0.15, 0.2) is 42.7 Å². The fraction of sp³-hybridized carbons (Fsp3) is 0.440. The van der Waals surface area contributed by atoms with Gasteiger partial charge in [0.15, 0.2) is 0 Å². The number of hydrogen-bond donors (Lipinski definition) is 1. The molecule has 160 valence electrons. The molecular formula is C25H29N5O. The van der Waals surface area contributed by atoms with Crippen molar-refractivity contribution in [2.45, 2.75) is 50.2 Å². The third-order valence-electron chi connectivity index (χ3n) is 7.67. The Labute approximate surface area is 183 Å². The lowest BCUT2D eigenvalue weighted by Crippen LogP contribution is -2.48. The van der Waals surface area contributed by atoms with Crippen LogP contribution in [0, 0.1) is 0 Å². The number of rotatable bonds is 3. The molecule has 6 heteroatoms. The smallest absolute Gasteiger partial charge is 0.223 e. The summed E-state index contributed by atoms with van der Waals surface area (Å²) in [4.78, 5) is 9.96. The lowest BCUT2D eigenvalue weighted by Gasteiger charge is -2.40. The Morgan fingerprint density at radius 1 is 1.06 bits per heavy atom. The van der Waals surface area contributed by atoms with Crippen LogP contribution in [-0.2, 0) is 6.42 Å². The Hall–Kier alpha value is -2.86. The topological polar surface area (TPSA) is 57.3 Å². The molecule has 2 saturated heterocycles. The van der Waals surface area contributed by atoms with Gasteiger partial charge in [0, 0.05) is 48.9 Å². The summed E-state index contributed by atoms with van der Waals surface area (Å²) in [6, 6.07) is 13.0. The van der Waals surface area contributed by atoms with E-state index in [2.05, 4.69) is 64.4 Å². The highest BCUT2D eigenvalue weighted by Crippen LogP contribution is 2.40. The Morgan fingerprint density at radius 3 is 2.65 bits per heavy atom. The van der Waals surface area contributed by atoms with Crippen molar-refractivity contribution < 1.29 is 4.74 Å². The molecule has 6 rings (SSSR count). The summed E-state index contributed by atoms with van der Waals surface area (Å²) in [6.07, 6.45) is 9.80. The van der Waals surface area contributed by atoms with Crippen LogP contribution in [0.5, 0.6) is 5.88 Å². The highest BCUT2D eigenvalue weighted by atomic mass is 16.5. The number of nitrogens with zero attached hydrogens (tertiary/aromatic N) is 4.